The van der Waals surface area contributed by atoms with Gasteiger partial charge in [0.2, 0.25) is 5.91 Å². The highest BCUT2D eigenvalue weighted by atomic mass is 16.5. The van der Waals surface area contributed by atoms with E-state index in [1.807, 2.05) is 28.0 Å². The van der Waals surface area contributed by atoms with Gasteiger partial charge in [0.1, 0.15) is 5.75 Å². The average molecular weight is 484 g/mol. The molecule has 3 aromatic carbocycles. The van der Waals surface area contributed by atoms with Crippen molar-refractivity contribution in [3.05, 3.63) is 95.6 Å². The molecule has 0 N–H and O–H groups in total. The van der Waals surface area contributed by atoms with Crippen molar-refractivity contribution in [2.24, 2.45) is 5.92 Å². The maximum absolute atomic E-state index is 13.8. The fourth-order valence-corrected chi connectivity index (χ4v) is 5.49. The second-order valence-electron chi connectivity index (χ2n) is 9.66. The molecule has 0 aromatic heterocycles. The summed E-state index contributed by atoms with van der Waals surface area (Å²) >= 11 is 0. The first kappa shape index (κ1) is 23.9. The second-order valence-corrected chi connectivity index (χ2v) is 9.66. The van der Waals surface area contributed by atoms with Crippen LogP contribution in [0.4, 0.5) is 5.69 Å². The molecule has 2 aliphatic rings. The number of anilines is 1. The van der Waals surface area contributed by atoms with Gasteiger partial charge in [0, 0.05) is 56.4 Å². The quantitative estimate of drug-likeness (QED) is 0.546. The van der Waals surface area contributed by atoms with Crippen LogP contribution in [-0.2, 0) is 4.79 Å². The number of aryl methyl sites for hydroxylation is 1. The number of hydrogen-bond donors (Lipinski definition) is 0. The summed E-state index contributed by atoms with van der Waals surface area (Å²) in [6.07, 6.45) is 0. The Morgan fingerprint density at radius 3 is 2.11 bits per heavy atom. The van der Waals surface area contributed by atoms with Crippen LogP contribution in [-0.4, -0.2) is 68.0 Å². The maximum atomic E-state index is 13.8. The van der Waals surface area contributed by atoms with E-state index < -0.39 is 0 Å². The van der Waals surface area contributed by atoms with Crippen LogP contribution in [0.15, 0.2) is 78.9 Å². The van der Waals surface area contributed by atoms with E-state index in [1.165, 1.54) is 11.3 Å². The lowest BCUT2D eigenvalue weighted by Gasteiger charge is -2.38. The zero-order valence-corrected chi connectivity index (χ0v) is 21.0. The molecule has 0 bridgehead atoms. The fourth-order valence-electron chi connectivity index (χ4n) is 5.49. The van der Waals surface area contributed by atoms with Gasteiger partial charge in [-0.25, -0.2) is 0 Å². The molecular weight excluding hydrogens is 450 g/mol. The number of carbonyl (C=O) groups is 2. The molecule has 2 saturated heterocycles. The minimum absolute atomic E-state index is 0.0182. The molecule has 2 unspecified atom stereocenters. The number of likely N-dealkylation sites (tertiary alicyclic amines) is 1. The normalized spacial score (nSPS) is 19.9. The lowest BCUT2D eigenvalue weighted by Crippen LogP contribution is -2.51. The Labute approximate surface area is 213 Å². The minimum atomic E-state index is -0.250. The Morgan fingerprint density at radius 1 is 0.778 bits per heavy atom. The summed E-state index contributed by atoms with van der Waals surface area (Å²) in [6.45, 7) is 6.11. The molecule has 2 aliphatic heterocycles. The summed E-state index contributed by atoms with van der Waals surface area (Å²) in [6, 6.07) is 25.7. The van der Waals surface area contributed by atoms with Crippen molar-refractivity contribution in [2.75, 3.05) is 51.3 Å². The van der Waals surface area contributed by atoms with Crippen LogP contribution in [0.5, 0.6) is 5.75 Å². The molecule has 2 heterocycles. The van der Waals surface area contributed by atoms with Crippen molar-refractivity contribution in [1.29, 1.82) is 0 Å². The molecule has 2 fully saturated rings. The Balaban J connectivity index is 1.32. The van der Waals surface area contributed by atoms with Crippen molar-refractivity contribution in [3.8, 4) is 5.75 Å². The van der Waals surface area contributed by atoms with Crippen LogP contribution in [0.25, 0.3) is 0 Å². The van der Waals surface area contributed by atoms with Crippen molar-refractivity contribution >= 4 is 17.5 Å². The second kappa shape index (κ2) is 10.4. The van der Waals surface area contributed by atoms with Gasteiger partial charge in [0.15, 0.2) is 0 Å². The molecule has 186 valence electrons. The number of rotatable bonds is 5. The van der Waals surface area contributed by atoms with Gasteiger partial charge in [-0.2, -0.15) is 0 Å². The molecule has 5 rings (SSSR count). The Kier molecular flexibility index (Phi) is 6.94. The van der Waals surface area contributed by atoms with E-state index >= 15 is 0 Å². The zero-order valence-electron chi connectivity index (χ0n) is 21.0. The van der Waals surface area contributed by atoms with Crippen molar-refractivity contribution in [3.63, 3.8) is 0 Å². The highest BCUT2D eigenvalue weighted by Gasteiger charge is 2.42. The van der Waals surface area contributed by atoms with Crippen molar-refractivity contribution in [2.45, 2.75) is 12.8 Å². The van der Waals surface area contributed by atoms with Gasteiger partial charge >= 0.3 is 0 Å². The standard InChI is InChI=1S/C30H33N3O3/c1-22-8-6-7-11-28(22)31-16-18-32(19-17-31)30(35)27-21-33(20-26(27)23-9-4-3-5-10-23)29(34)24-12-14-25(36-2)15-13-24/h3-15,26-27H,16-21H2,1-2H3. The van der Waals surface area contributed by atoms with E-state index in [0.717, 1.165) is 18.7 Å². The van der Waals surface area contributed by atoms with Crippen LogP contribution in [0.3, 0.4) is 0 Å². The number of methoxy groups -OCH3 is 1. The first-order chi connectivity index (χ1) is 17.5. The number of piperazine rings is 1. The van der Waals surface area contributed by atoms with Gasteiger partial charge in [-0.3, -0.25) is 9.59 Å². The number of nitrogens with zero attached hydrogens (tertiary/aromatic N) is 3. The molecule has 2 amide bonds. The van der Waals surface area contributed by atoms with Crippen LogP contribution >= 0.6 is 0 Å². The van der Waals surface area contributed by atoms with Gasteiger partial charge < -0.3 is 19.4 Å². The summed E-state index contributed by atoms with van der Waals surface area (Å²) in [5, 5.41) is 0. The summed E-state index contributed by atoms with van der Waals surface area (Å²) in [4.78, 5) is 33.4. The number of ether oxygens (including phenoxy) is 1. The third-order valence-corrected chi connectivity index (χ3v) is 7.54. The van der Waals surface area contributed by atoms with Gasteiger partial charge in [-0.05, 0) is 48.4 Å². The monoisotopic (exact) mass is 483 g/mol. The molecular formula is C30H33N3O3. The molecule has 0 spiro atoms. The number of carbonyl (C=O) groups excluding carboxylic acids is 2. The number of para-hydroxylation sites is 1. The van der Waals surface area contributed by atoms with Crippen LogP contribution in [0, 0.1) is 12.8 Å². The third kappa shape index (κ3) is 4.81. The van der Waals surface area contributed by atoms with E-state index in [9.17, 15) is 9.59 Å². The van der Waals surface area contributed by atoms with Gasteiger partial charge in [0.05, 0.1) is 13.0 Å². The lowest BCUT2D eigenvalue weighted by molar-refractivity contribution is -0.135. The number of benzene rings is 3. The van der Waals surface area contributed by atoms with Crippen LogP contribution in [0.2, 0.25) is 0 Å². The van der Waals surface area contributed by atoms with Crippen molar-refractivity contribution < 1.29 is 14.3 Å². The Hall–Kier alpha value is -3.80. The molecule has 36 heavy (non-hydrogen) atoms. The molecule has 3 aromatic rings. The SMILES string of the molecule is COc1ccc(C(=O)N2CC(C(=O)N3CCN(c4ccccc4C)CC3)C(c3ccccc3)C2)cc1. The van der Waals surface area contributed by atoms with Crippen LogP contribution < -0.4 is 9.64 Å². The van der Waals surface area contributed by atoms with E-state index in [-0.39, 0.29) is 23.7 Å². The van der Waals surface area contributed by atoms with E-state index in [0.29, 0.717) is 37.5 Å². The first-order valence-corrected chi connectivity index (χ1v) is 12.6. The Bertz CT molecular complexity index is 1200. The number of amides is 2. The minimum Gasteiger partial charge on any atom is -0.497 e. The predicted octanol–water partition coefficient (Wildman–Crippen LogP) is 4.21. The highest BCUT2D eigenvalue weighted by molar-refractivity contribution is 5.95. The molecule has 2 atom stereocenters. The summed E-state index contributed by atoms with van der Waals surface area (Å²) in [5.74, 6) is 0.555. The summed E-state index contributed by atoms with van der Waals surface area (Å²) in [5.41, 5.74) is 4.22. The van der Waals surface area contributed by atoms with Gasteiger partial charge in [-0.1, -0.05) is 48.5 Å². The zero-order chi connectivity index (χ0) is 25.1. The molecule has 6 nitrogen and oxygen atoms in total. The first-order valence-electron chi connectivity index (χ1n) is 12.6. The third-order valence-electron chi connectivity index (χ3n) is 7.54. The largest absolute Gasteiger partial charge is 0.497 e. The van der Waals surface area contributed by atoms with Gasteiger partial charge in [-0.15, -0.1) is 0 Å². The van der Waals surface area contributed by atoms with Crippen molar-refractivity contribution in [1.82, 2.24) is 9.80 Å². The van der Waals surface area contributed by atoms with E-state index in [4.69, 9.17) is 4.74 Å². The smallest absolute Gasteiger partial charge is 0.253 e. The molecule has 0 aliphatic carbocycles. The van der Waals surface area contributed by atoms with E-state index in [1.54, 1.807) is 31.4 Å². The Morgan fingerprint density at radius 2 is 1.44 bits per heavy atom. The molecule has 6 heteroatoms. The van der Waals surface area contributed by atoms with Crippen LogP contribution in [0.1, 0.15) is 27.4 Å². The fraction of sp³-hybridized carbons (Fsp3) is 0.333. The topological polar surface area (TPSA) is 53.1 Å². The highest BCUT2D eigenvalue weighted by Crippen LogP contribution is 2.35. The molecule has 0 saturated carbocycles. The van der Waals surface area contributed by atoms with E-state index in [2.05, 4.69) is 48.2 Å². The average Bonchev–Trinajstić information content (AvgIpc) is 3.39. The summed E-state index contributed by atoms with van der Waals surface area (Å²) in [7, 11) is 1.61. The summed E-state index contributed by atoms with van der Waals surface area (Å²) < 4.78 is 5.23. The number of hydrogen-bond acceptors (Lipinski definition) is 4. The maximum Gasteiger partial charge on any atom is 0.253 e. The van der Waals surface area contributed by atoms with Gasteiger partial charge in [0.25, 0.3) is 5.91 Å². The molecule has 0 radical (unpaired) electrons. The lowest BCUT2D eigenvalue weighted by atomic mass is 9.88. The predicted molar refractivity (Wildman–Crippen MR) is 142 cm³/mol.